The minimum Gasteiger partial charge on any atom is -0.232 e. The molecule has 0 bridgehead atoms. The van der Waals surface area contributed by atoms with Gasteiger partial charge in [-0.15, -0.1) is 0 Å². The summed E-state index contributed by atoms with van der Waals surface area (Å²) in [6.45, 7) is 1.94. The van der Waals surface area contributed by atoms with Crippen molar-refractivity contribution in [3.8, 4) is 0 Å². The van der Waals surface area contributed by atoms with Gasteiger partial charge in [0.1, 0.15) is 6.61 Å². The standard InChI is InChI=1S/C7H11O/c1-2-3-4-5-6-7-8/h3-6H,2,7H2,1H3/b4-3+,6-5+. The molecule has 0 aromatic carbocycles. The Morgan fingerprint density at radius 3 is 2.38 bits per heavy atom. The Morgan fingerprint density at radius 2 is 1.88 bits per heavy atom. The van der Waals surface area contributed by atoms with Crippen LogP contribution in [0.1, 0.15) is 13.3 Å². The Morgan fingerprint density at radius 1 is 1.25 bits per heavy atom. The highest BCUT2D eigenvalue weighted by Gasteiger charge is 1.63. The van der Waals surface area contributed by atoms with Gasteiger partial charge in [-0.1, -0.05) is 31.2 Å². The summed E-state index contributed by atoms with van der Waals surface area (Å²) in [7, 11) is 0. The lowest BCUT2D eigenvalue weighted by molar-refractivity contribution is 0.232. The fourth-order valence-corrected chi connectivity index (χ4v) is 0.349. The molecule has 0 N–H and O–H groups in total. The van der Waals surface area contributed by atoms with E-state index in [4.69, 9.17) is 0 Å². The normalized spacial score (nSPS) is 11.8. The van der Waals surface area contributed by atoms with E-state index in [9.17, 15) is 5.11 Å². The molecule has 0 unspecified atom stereocenters. The van der Waals surface area contributed by atoms with Crippen LogP contribution in [0.2, 0.25) is 0 Å². The second-order valence-electron chi connectivity index (χ2n) is 1.43. The lowest BCUT2D eigenvalue weighted by Crippen LogP contribution is -1.63. The van der Waals surface area contributed by atoms with Crippen molar-refractivity contribution in [1.82, 2.24) is 0 Å². The molecule has 1 heteroatoms. The fraction of sp³-hybridized carbons (Fsp3) is 0.429. The van der Waals surface area contributed by atoms with E-state index in [0.29, 0.717) is 0 Å². The van der Waals surface area contributed by atoms with Crippen LogP contribution in [0.5, 0.6) is 0 Å². The van der Waals surface area contributed by atoms with Crippen LogP contribution in [-0.4, -0.2) is 6.61 Å². The average Bonchev–Trinajstić information content (AvgIpc) is 1.81. The van der Waals surface area contributed by atoms with Crippen molar-refractivity contribution in [2.75, 3.05) is 6.61 Å². The largest absolute Gasteiger partial charge is 0.232 e. The van der Waals surface area contributed by atoms with Crippen molar-refractivity contribution in [3.63, 3.8) is 0 Å². The molecule has 0 amide bonds. The van der Waals surface area contributed by atoms with Crippen molar-refractivity contribution in [1.29, 1.82) is 0 Å². The molecule has 0 aromatic heterocycles. The predicted molar refractivity (Wildman–Crippen MR) is 34.1 cm³/mol. The van der Waals surface area contributed by atoms with Gasteiger partial charge >= 0.3 is 0 Å². The highest BCUT2D eigenvalue weighted by molar-refractivity contribution is 5.01. The molecule has 0 aliphatic heterocycles. The fourth-order valence-electron chi connectivity index (χ4n) is 0.349. The molecule has 1 nitrogen and oxygen atoms in total. The van der Waals surface area contributed by atoms with Crippen molar-refractivity contribution in [2.45, 2.75) is 13.3 Å². The van der Waals surface area contributed by atoms with Gasteiger partial charge in [0.15, 0.2) is 0 Å². The zero-order valence-electron chi connectivity index (χ0n) is 5.13. The van der Waals surface area contributed by atoms with Gasteiger partial charge in [-0.2, -0.15) is 0 Å². The summed E-state index contributed by atoms with van der Waals surface area (Å²) in [4.78, 5) is 0. The highest BCUT2D eigenvalue weighted by atomic mass is 16.2. The first-order valence-electron chi connectivity index (χ1n) is 2.81. The molecular formula is C7H11O. The van der Waals surface area contributed by atoms with Crippen LogP contribution in [0, 0.1) is 0 Å². The molecule has 0 saturated carbocycles. The second-order valence-corrected chi connectivity index (χ2v) is 1.43. The van der Waals surface area contributed by atoms with E-state index in [1.54, 1.807) is 12.2 Å². The number of hydrogen-bond acceptors (Lipinski definition) is 0. The Hall–Kier alpha value is -0.560. The molecule has 0 rings (SSSR count). The summed E-state index contributed by atoms with van der Waals surface area (Å²) < 4.78 is 0. The third kappa shape index (κ3) is 5.44. The van der Waals surface area contributed by atoms with Crippen molar-refractivity contribution in [3.05, 3.63) is 24.3 Å². The third-order valence-electron chi connectivity index (χ3n) is 0.715. The van der Waals surface area contributed by atoms with Gasteiger partial charge < -0.3 is 0 Å². The summed E-state index contributed by atoms with van der Waals surface area (Å²) in [5.41, 5.74) is 0. The van der Waals surface area contributed by atoms with Crippen LogP contribution in [0.4, 0.5) is 0 Å². The monoisotopic (exact) mass is 111 g/mol. The van der Waals surface area contributed by atoms with E-state index in [1.165, 1.54) is 0 Å². The zero-order chi connectivity index (χ0) is 6.24. The lowest BCUT2D eigenvalue weighted by Gasteiger charge is -1.72. The van der Waals surface area contributed by atoms with Gasteiger partial charge in [-0.05, 0) is 6.42 Å². The van der Waals surface area contributed by atoms with Gasteiger partial charge in [0.05, 0.1) is 0 Å². The van der Waals surface area contributed by atoms with Crippen molar-refractivity contribution in [2.24, 2.45) is 0 Å². The van der Waals surface area contributed by atoms with E-state index in [2.05, 4.69) is 6.92 Å². The first-order valence-corrected chi connectivity index (χ1v) is 2.81. The number of allylic oxidation sites excluding steroid dienone is 3. The van der Waals surface area contributed by atoms with Crippen LogP contribution in [-0.2, 0) is 5.11 Å². The van der Waals surface area contributed by atoms with Crippen molar-refractivity contribution < 1.29 is 5.11 Å². The van der Waals surface area contributed by atoms with Gasteiger partial charge in [-0.25, -0.2) is 5.11 Å². The maximum absolute atomic E-state index is 9.77. The minimum absolute atomic E-state index is 0.117. The maximum atomic E-state index is 9.77. The Labute approximate surface area is 50.3 Å². The molecule has 0 aromatic rings. The smallest absolute Gasteiger partial charge is 0.101 e. The molecule has 45 valence electrons. The molecule has 0 atom stereocenters. The number of rotatable bonds is 3. The minimum atomic E-state index is -0.117. The first-order chi connectivity index (χ1) is 3.91. The summed E-state index contributed by atoms with van der Waals surface area (Å²) in [6, 6.07) is 0. The molecule has 8 heavy (non-hydrogen) atoms. The topological polar surface area (TPSA) is 19.9 Å². The van der Waals surface area contributed by atoms with E-state index in [-0.39, 0.29) is 6.61 Å². The summed E-state index contributed by atoms with van der Waals surface area (Å²) in [6.07, 6.45) is 8.29. The van der Waals surface area contributed by atoms with Gasteiger partial charge in [-0.3, -0.25) is 0 Å². The van der Waals surface area contributed by atoms with Gasteiger partial charge in [0.25, 0.3) is 0 Å². The van der Waals surface area contributed by atoms with E-state index in [0.717, 1.165) is 6.42 Å². The summed E-state index contributed by atoms with van der Waals surface area (Å²) in [5.74, 6) is 0. The molecule has 0 fully saturated rings. The maximum Gasteiger partial charge on any atom is 0.101 e. The highest BCUT2D eigenvalue weighted by Crippen LogP contribution is 1.80. The van der Waals surface area contributed by atoms with E-state index < -0.39 is 0 Å². The molecule has 0 aliphatic rings. The summed E-state index contributed by atoms with van der Waals surface area (Å²) >= 11 is 0. The first kappa shape index (κ1) is 7.44. The zero-order valence-corrected chi connectivity index (χ0v) is 5.13. The third-order valence-corrected chi connectivity index (χ3v) is 0.715. The second kappa shape index (κ2) is 6.44. The van der Waals surface area contributed by atoms with Gasteiger partial charge in [0, 0.05) is 0 Å². The van der Waals surface area contributed by atoms with Crippen molar-refractivity contribution >= 4 is 0 Å². The molecule has 0 heterocycles. The van der Waals surface area contributed by atoms with Crippen LogP contribution >= 0.6 is 0 Å². The Bertz CT molecular complexity index is 70.4. The molecule has 0 spiro atoms. The van der Waals surface area contributed by atoms with E-state index in [1.807, 2.05) is 12.2 Å². The quantitative estimate of drug-likeness (QED) is 0.496. The predicted octanol–water partition coefficient (Wildman–Crippen LogP) is 1.94. The van der Waals surface area contributed by atoms with E-state index >= 15 is 0 Å². The molecule has 0 saturated heterocycles. The number of hydrogen-bond donors (Lipinski definition) is 0. The van der Waals surface area contributed by atoms with Crippen LogP contribution < -0.4 is 0 Å². The van der Waals surface area contributed by atoms with Crippen LogP contribution in [0.25, 0.3) is 0 Å². The SMILES string of the molecule is CC/C=C/C=C/C[O]. The van der Waals surface area contributed by atoms with Gasteiger partial charge in [0.2, 0.25) is 0 Å². The molecular weight excluding hydrogens is 100 g/mol. The molecule has 1 radical (unpaired) electrons. The lowest BCUT2D eigenvalue weighted by atomic mass is 10.4. The Balaban J connectivity index is 3.13. The van der Waals surface area contributed by atoms with Crippen LogP contribution in [0.3, 0.4) is 0 Å². The Kier molecular flexibility index (Phi) is 5.99. The average molecular weight is 111 g/mol. The van der Waals surface area contributed by atoms with Crippen LogP contribution in [0.15, 0.2) is 24.3 Å². The summed E-state index contributed by atoms with van der Waals surface area (Å²) in [5, 5.41) is 9.77. The molecule has 0 aliphatic carbocycles.